The zero-order valence-corrected chi connectivity index (χ0v) is 7.49. The highest BCUT2D eigenvalue weighted by Crippen LogP contribution is 2.06. The Kier molecular flexibility index (Phi) is 3.36. The van der Waals surface area contributed by atoms with E-state index in [-0.39, 0.29) is 16.9 Å². The number of rotatable bonds is 2. The van der Waals surface area contributed by atoms with E-state index in [1.807, 2.05) is 20.8 Å². The van der Waals surface area contributed by atoms with Crippen molar-refractivity contribution in [3.8, 4) is 0 Å². The largest absolute Gasteiger partial charge is 0.367 e. The van der Waals surface area contributed by atoms with E-state index in [1.165, 1.54) is 0 Å². The van der Waals surface area contributed by atoms with Gasteiger partial charge in [0.15, 0.2) is 0 Å². The number of ether oxygens (including phenoxy) is 1. The first-order chi connectivity index (χ1) is 3.92. The van der Waals surface area contributed by atoms with Crippen LogP contribution in [0.25, 0.3) is 0 Å². The Morgan fingerprint density at radius 3 is 2.11 bits per heavy atom. The van der Waals surface area contributed by atoms with Crippen LogP contribution in [0.4, 0.5) is 0 Å². The third kappa shape index (κ3) is 8.11. The summed E-state index contributed by atoms with van der Waals surface area (Å²) in [6.45, 7) is 5.86. The van der Waals surface area contributed by atoms with Gasteiger partial charge in [0, 0.05) is 0 Å². The second kappa shape index (κ2) is 3.32. The average Bonchev–Trinajstić information content (AvgIpc) is 1.59. The molecule has 0 aromatic carbocycles. The van der Waals surface area contributed by atoms with Gasteiger partial charge in [-0.05, 0) is 36.7 Å². The smallest absolute Gasteiger partial charge is 0.223 e. The normalized spacial score (nSPS) is 11.6. The predicted octanol–water partition coefficient (Wildman–Crippen LogP) is 1.72. The van der Waals surface area contributed by atoms with Gasteiger partial charge in [-0.25, -0.2) is 0 Å². The molecule has 0 aromatic rings. The Bertz CT molecular complexity index is 104. The summed E-state index contributed by atoms with van der Waals surface area (Å²) < 4.78 is 4.98. The van der Waals surface area contributed by atoms with Gasteiger partial charge in [0.1, 0.15) is 6.61 Å². The standard InChI is InChI=1S/C6H11BrO2/c1-6(2,3)9-4-5(7)8/h4H2,1-3H3. The van der Waals surface area contributed by atoms with Gasteiger partial charge < -0.3 is 4.74 Å². The van der Waals surface area contributed by atoms with Crippen LogP contribution in [0.15, 0.2) is 0 Å². The zero-order chi connectivity index (χ0) is 7.49. The maximum atomic E-state index is 10.3. The Hall–Kier alpha value is 0.110. The highest BCUT2D eigenvalue weighted by atomic mass is 79.9. The van der Waals surface area contributed by atoms with Crippen LogP contribution >= 0.6 is 15.9 Å². The Balaban J connectivity index is 3.39. The fourth-order valence-electron chi connectivity index (χ4n) is 0.273. The highest BCUT2D eigenvalue weighted by molar-refractivity contribution is 9.18. The first-order valence-corrected chi connectivity index (χ1v) is 3.53. The molecule has 0 bridgehead atoms. The fourth-order valence-corrected chi connectivity index (χ4v) is 0.388. The van der Waals surface area contributed by atoms with Gasteiger partial charge in [0.05, 0.1) is 5.60 Å². The summed E-state index contributed by atoms with van der Waals surface area (Å²) in [6, 6.07) is 0. The molecule has 2 nitrogen and oxygen atoms in total. The second-order valence-electron chi connectivity index (χ2n) is 2.76. The molecule has 0 amide bonds. The maximum absolute atomic E-state index is 10.3. The summed E-state index contributed by atoms with van der Waals surface area (Å²) >= 11 is 2.76. The minimum Gasteiger partial charge on any atom is -0.367 e. The van der Waals surface area contributed by atoms with Gasteiger partial charge in [-0.3, -0.25) is 4.79 Å². The molecule has 3 heteroatoms. The molecule has 0 saturated carbocycles. The van der Waals surface area contributed by atoms with Crippen molar-refractivity contribution >= 4 is 20.6 Å². The first kappa shape index (κ1) is 9.11. The summed E-state index contributed by atoms with van der Waals surface area (Å²) in [5.74, 6) is 0. The topological polar surface area (TPSA) is 26.3 Å². The molecular weight excluding hydrogens is 184 g/mol. The molecule has 0 spiro atoms. The minimum absolute atomic E-state index is 0.113. The number of carbonyl (C=O) groups excluding carboxylic acids is 1. The maximum Gasteiger partial charge on any atom is 0.223 e. The molecule has 0 aromatic heterocycles. The summed E-state index contributed by atoms with van der Waals surface area (Å²) in [4.78, 5) is 10.3. The number of carbonyl (C=O) groups is 1. The van der Waals surface area contributed by atoms with Gasteiger partial charge in [-0.15, -0.1) is 0 Å². The summed E-state index contributed by atoms with van der Waals surface area (Å²) in [7, 11) is 0. The third-order valence-corrected chi connectivity index (χ3v) is 0.848. The van der Waals surface area contributed by atoms with Crippen molar-refractivity contribution in [2.45, 2.75) is 26.4 Å². The molecule has 0 radical (unpaired) electrons. The molecule has 0 rings (SSSR count). The number of hydrogen-bond donors (Lipinski definition) is 0. The van der Waals surface area contributed by atoms with Crippen molar-refractivity contribution < 1.29 is 9.53 Å². The first-order valence-electron chi connectivity index (χ1n) is 2.74. The van der Waals surface area contributed by atoms with Crippen molar-refractivity contribution in [3.05, 3.63) is 0 Å². The molecule has 0 aliphatic heterocycles. The van der Waals surface area contributed by atoms with Crippen LogP contribution in [0.2, 0.25) is 0 Å². The lowest BCUT2D eigenvalue weighted by molar-refractivity contribution is -0.119. The lowest BCUT2D eigenvalue weighted by Gasteiger charge is -2.17. The van der Waals surface area contributed by atoms with Crippen LogP contribution in [0, 0.1) is 0 Å². The van der Waals surface area contributed by atoms with Crippen LogP contribution in [-0.2, 0) is 9.53 Å². The molecule has 0 heterocycles. The Morgan fingerprint density at radius 1 is 1.56 bits per heavy atom. The van der Waals surface area contributed by atoms with Crippen molar-refractivity contribution in [2.75, 3.05) is 6.61 Å². The van der Waals surface area contributed by atoms with E-state index in [0.29, 0.717) is 0 Å². The lowest BCUT2D eigenvalue weighted by Crippen LogP contribution is -2.21. The minimum atomic E-state index is -0.219. The summed E-state index contributed by atoms with van der Waals surface area (Å²) in [5, 5.41) is 0. The molecule has 0 atom stereocenters. The van der Waals surface area contributed by atoms with Crippen molar-refractivity contribution in [2.24, 2.45) is 0 Å². The van der Waals surface area contributed by atoms with Crippen molar-refractivity contribution in [1.82, 2.24) is 0 Å². The van der Waals surface area contributed by atoms with E-state index in [9.17, 15) is 4.79 Å². The van der Waals surface area contributed by atoms with Crippen LogP contribution < -0.4 is 0 Å². The number of hydrogen-bond acceptors (Lipinski definition) is 2. The van der Waals surface area contributed by atoms with Crippen LogP contribution in [-0.4, -0.2) is 16.9 Å². The molecule has 54 valence electrons. The molecule has 9 heavy (non-hydrogen) atoms. The fraction of sp³-hybridized carbons (Fsp3) is 0.833. The van der Waals surface area contributed by atoms with Gasteiger partial charge in [-0.1, -0.05) is 0 Å². The molecule has 0 unspecified atom stereocenters. The van der Waals surface area contributed by atoms with E-state index in [1.54, 1.807) is 0 Å². The number of halogens is 1. The second-order valence-corrected chi connectivity index (χ2v) is 3.64. The SMILES string of the molecule is CC(C)(C)OCC(=O)Br. The third-order valence-electron chi connectivity index (χ3n) is 0.619. The van der Waals surface area contributed by atoms with E-state index >= 15 is 0 Å². The Morgan fingerprint density at radius 2 is 2.00 bits per heavy atom. The molecule has 0 aliphatic rings. The summed E-state index contributed by atoms with van der Waals surface area (Å²) in [5.41, 5.74) is -0.219. The van der Waals surface area contributed by atoms with E-state index in [2.05, 4.69) is 15.9 Å². The van der Waals surface area contributed by atoms with Crippen LogP contribution in [0.1, 0.15) is 20.8 Å². The van der Waals surface area contributed by atoms with E-state index < -0.39 is 0 Å². The Labute approximate surface area is 63.7 Å². The molecular formula is C6H11BrO2. The van der Waals surface area contributed by atoms with Crippen molar-refractivity contribution in [1.29, 1.82) is 0 Å². The van der Waals surface area contributed by atoms with Crippen LogP contribution in [0.3, 0.4) is 0 Å². The van der Waals surface area contributed by atoms with Gasteiger partial charge in [0.25, 0.3) is 0 Å². The van der Waals surface area contributed by atoms with Gasteiger partial charge in [0.2, 0.25) is 4.69 Å². The van der Waals surface area contributed by atoms with Crippen molar-refractivity contribution in [3.63, 3.8) is 0 Å². The quantitative estimate of drug-likeness (QED) is 0.627. The molecule has 0 N–H and O–H groups in total. The zero-order valence-electron chi connectivity index (χ0n) is 5.90. The molecule has 0 aliphatic carbocycles. The van der Waals surface area contributed by atoms with Gasteiger partial charge >= 0.3 is 0 Å². The van der Waals surface area contributed by atoms with E-state index in [4.69, 9.17) is 4.74 Å². The summed E-state index contributed by atoms with van der Waals surface area (Å²) in [6.07, 6.45) is 0. The molecule has 0 saturated heterocycles. The molecule has 0 fully saturated rings. The highest BCUT2D eigenvalue weighted by Gasteiger charge is 2.10. The monoisotopic (exact) mass is 194 g/mol. The lowest BCUT2D eigenvalue weighted by atomic mass is 10.2. The average molecular weight is 195 g/mol. The predicted molar refractivity (Wildman–Crippen MR) is 39.6 cm³/mol. The van der Waals surface area contributed by atoms with Gasteiger partial charge in [-0.2, -0.15) is 0 Å². The van der Waals surface area contributed by atoms with Crippen LogP contribution in [0.5, 0.6) is 0 Å². The van der Waals surface area contributed by atoms with E-state index in [0.717, 1.165) is 0 Å².